The zero-order valence-electron chi connectivity index (χ0n) is 8.61. The van der Waals surface area contributed by atoms with E-state index in [2.05, 4.69) is 31.2 Å². The number of aromatic nitrogens is 2. The Kier molecular flexibility index (Phi) is 3.34. The van der Waals surface area contributed by atoms with Crippen LogP contribution >= 0.6 is 15.9 Å². The minimum Gasteiger partial charge on any atom is -0.367 e. The number of aromatic amines is 1. The Bertz CT molecular complexity index is 592. The summed E-state index contributed by atoms with van der Waals surface area (Å²) in [7, 11) is 0. The summed E-state index contributed by atoms with van der Waals surface area (Å²) in [5.41, 5.74) is -0.282. The van der Waals surface area contributed by atoms with Crippen LogP contribution in [0.1, 0.15) is 10.4 Å². The lowest BCUT2D eigenvalue weighted by Crippen LogP contribution is -2.21. The molecule has 17 heavy (non-hydrogen) atoms. The van der Waals surface area contributed by atoms with Gasteiger partial charge in [-0.1, -0.05) is 0 Å². The molecule has 0 aromatic carbocycles. The van der Waals surface area contributed by atoms with Crippen LogP contribution in [-0.2, 0) is 0 Å². The van der Waals surface area contributed by atoms with E-state index in [0.29, 0.717) is 5.82 Å². The summed E-state index contributed by atoms with van der Waals surface area (Å²) >= 11 is 3.24. The molecule has 0 saturated heterocycles. The molecule has 0 bridgehead atoms. The third kappa shape index (κ3) is 2.79. The Labute approximate surface area is 105 Å². The first-order chi connectivity index (χ1) is 8.16. The molecule has 0 aliphatic heterocycles. The zero-order valence-corrected chi connectivity index (χ0v) is 10.2. The van der Waals surface area contributed by atoms with Crippen molar-refractivity contribution in [1.29, 1.82) is 0 Å². The largest absolute Gasteiger partial charge is 0.367 e. The molecule has 5 nitrogen and oxygen atoms in total. The molecule has 0 atom stereocenters. The van der Waals surface area contributed by atoms with Crippen LogP contribution in [0.15, 0.2) is 46.1 Å². The topological polar surface area (TPSA) is 74.8 Å². The van der Waals surface area contributed by atoms with Crippen molar-refractivity contribution in [3.05, 3.63) is 57.0 Å². The number of carbonyl (C=O) groups excluding carboxylic acids is 1. The summed E-state index contributed by atoms with van der Waals surface area (Å²) in [6.07, 6.45) is 4.39. The van der Waals surface area contributed by atoms with Crippen molar-refractivity contribution in [2.75, 3.05) is 5.32 Å². The number of hydrogen-bond donors (Lipinski definition) is 2. The van der Waals surface area contributed by atoms with Crippen LogP contribution in [0, 0.1) is 0 Å². The van der Waals surface area contributed by atoms with E-state index in [1.807, 2.05) is 0 Å². The molecule has 0 spiro atoms. The standard InChI is InChI=1S/C11H8BrN3O2/c12-7-1-2-10(14-5-7)15-11(17)8-6-13-4-3-9(8)16/h1-6H,(H,13,16)(H,14,15,17). The van der Waals surface area contributed by atoms with Gasteiger partial charge in [-0.3, -0.25) is 9.59 Å². The Morgan fingerprint density at radius 2 is 2.18 bits per heavy atom. The highest BCUT2D eigenvalue weighted by Gasteiger charge is 2.09. The first-order valence-electron chi connectivity index (χ1n) is 4.77. The second kappa shape index (κ2) is 4.92. The second-order valence-electron chi connectivity index (χ2n) is 3.24. The first kappa shape index (κ1) is 11.5. The Morgan fingerprint density at radius 1 is 1.35 bits per heavy atom. The van der Waals surface area contributed by atoms with E-state index in [0.717, 1.165) is 4.47 Å². The van der Waals surface area contributed by atoms with Gasteiger partial charge in [0.05, 0.1) is 0 Å². The number of pyridine rings is 2. The third-order valence-corrected chi connectivity index (χ3v) is 2.51. The number of nitrogens with one attached hydrogen (secondary N) is 2. The van der Waals surface area contributed by atoms with Gasteiger partial charge in [0, 0.05) is 29.1 Å². The summed E-state index contributed by atoms with van der Waals surface area (Å²) in [5.74, 6) is -0.0943. The number of hydrogen-bond acceptors (Lipinski definition) is 3. The fourth-order valence-corrected chi connectivity index (χ4v) is 1.46. The molecule has 2 N–H and O–H groups in total. The first-order valence-corrected chi connectivity index (χ1v) is 5.56. The molecule has 0 fully saturated rings. The van der Waals surface area contributed by atoms with Crippen molar-refractivity contribution in [3.63, 3.8) is 0 Å². The average molecular weight is 294 g/mol. The van der Waals surface area contributed by atoms with Gasteiger partial charge < -0.3 is 10.3 Å². The van der Waals surface area contributed by atoms with Crippen molar-refractivity contribution in [1.82, 2.24) is 9.97 Å². The number of nitrogens with zero attached hydrogens (tertiary/aromatic N) is 1. The number of rotatable bonds is 2. The predicted octanol–water partition coefficient (Wildman–Crippen LogP) is 1.78. The normalized spacial score (nSPS) is 9.94. The minimum atomic E-state index is -0.485. The summed E-state index contributed by atoms with van der Waals surface area (Å²) in [6.45, 7) is 0. The van der Waals surface area contributed by atoms with Crippen LogP contribution in [-0.4, -0.2) is 15.9 Å². The van der Waals surface area contributed by atoms with Crippen LogP contribution in [0.25, 0.3) is 0 Å². The second-order valence-corrected chi connectivity index (χ2v) is 4.15. The molecule has 0 aliphatic carbocycles. The number of carbonyl (C=O) groups is 1. The van der Waals surface area contributed by atoms with Crippen molar-refractivity contribution in [2.45, 2.75) is 0 Å². The number of amides is 1. The maximum absolute atomic E-state index is 11.7. The maximum atomic E-state index is 11.7. The van der Waals surface area contributed by atoms with E-state index in [-0.39, 0.29) is 11.0 Å². The molecule has 0 aliphatic rings. The predicted molar refractivity (Wildman–Crippen MR) is 67.0 cm³/mol. The summed E-state index contributed by atoms with van der Waals surface area (Å²) in [5, 5.41) is 2.54. The number of anilines is 1. The highest BCUT2D eigenvalue weighted by atomic mass is 79.9. The van der Waals surface area contributed by atoms with E-state index >= 15 is 0 Å². The highest BCUT2D eigenvalue weighted by molar-refractivity contribution is 9.10. The van der Waals surface area contributed by atoms with Gasteiger partial charge in [0.25, 0.3) is 5.91 Å². The van der Waals surface area contributed by atoms with Crippen LogP contribution in [0.4, 0.5) is 5.82 Å². The fourth-order valence-electron chi connectivity index (χ4n) is 1.23. The van der Waals surface area contributed by atoms with Gasteiger partial charge in [-0.15, -0.1) is 0 Å². The molecule has 86 valence electrons. The van der Waals surface area contributed by atoms with E-state index in [1.165, 1.54) is 18.5 Å². The van der Waals surface area contributed by atoms with Gasteiger partial charge in [0.1, 0.15) is 11.4 Å². The molecule has 0 radical (unpaired) electrons. The smallest absolute Gasteiger partial charge is 0.262 e. The Hall–Kier alpha value is -1.95. The summed E-state index contributed by atoms with van der Waals surface area (Å²) < 4.78 is 0.813. The number of H-pyrrole nitrogens is 1. The van der Waals surface area contributed by atoms with E-state index in [9.17, 15) is 9.59 Å². The number of halogens is 1. The van der Waals surface area contributed by atoms with E-state index < -0.39 is 5.91 Å². The SMILES string of the molecule is O=C(Nc1ccc(Br)cn1)c1c[nH]ccc1=O. The van der Waals surface area contributed by atoms with E-state index in [1.54, 1.807) is 18.3 Å². The lowest BCUT2D eigenvalue weighted by atomic mass is 10.2. The summed E-state index contributed by atoms with van der Waals surface area (Å²) in [4.78, 5) is 29.8. The molecule has 2 heterocycles. The Balaban J connectivity index is 2.20. The van der Waals surface area contributed by atoms with Crippen molar-refractivity contribution in [2.24, 2.45) is 0 Å². The quantitative estimate of drug-likeness (QED) is 0.886. The maximum Gasteiger partial charge on any atom is 0.262 e. The van der Waals surface area contributed by atoms with Crippen molar-refractivity contribution in [3.8, 4) is 0 Å². The van der Waals surface area contributed by atoms with Crippen molar-refractivity contribution >= 4 is 27.7 Å². The third-order valence-electron chi connectivity index (χ3n) is 2.04. The summed E-state index contributed by atoms with van der Waals surface area (Å²) in [6, 6.07) is 4.68. The fraction of sp³-hybridized carbons (Fsp3) is 0. The van der Waals surface area contributed by atoms with E-state index in [4.69, 9.17) is 0 Å². The molecule has 1 amide bonds. The molecule has 2 aromatic heterocycles. The van der Waals surface area contributed by atoms with Gasteiger partial charge in [-0.2, -0.15) is 0 Å². The van der Waals surface area contributed by atoms with Gasteiger partial charge in [0.15, 0.2) is 5.43 Å². The molecule has 0 saturated carbocycles. The molecular formula is C11H8BrN3O2. The monoisotopic (exact) mass is 293 g/mol. The van der Waals surface area contributed by atoms with Gasteiger partial charge in [0.2, 0.25) is 0 Å². The van der Waals surface area contributed by atoms with Gasteiger partial charge >= 0.3 is 0 Å². The van der Waals surface area contributed by atoms with Crippen molar-refractivity contribution < 1.29 is 4.79 Å². The van der Waals surface area contributed by atoms with Gasteiger partial charge in [-0.05, 0) is 28.1 Å². The molecular weight excluding hydrogens is 286 g/mol. The molecule has 2 rings (SSSR count). The minimum absolute atomic E-state index is 0.0530. The molecule has 2 aromatic rings. The lowest BCUT2D eigenvalue weighted by molar-refractivity contribution is 0.102. The highest BCUT2D eigenvalue weighted by Crippen LogP contribution is 2.10. The van der Waals surface area contributed by atoms with Crippen LogP contribution in [0.3, 0.4) is 0 Å². The van der Waals surface area contributed by atoms with Gasteiger partial charge in [-0.25, -0.2) is 4.98 Å². The Morgan fingerprint density at radius 3 is 2.82 bits per heavy atom. The molecule has 0 unspecified atom stereocenters. The molecule has 6 heteroatoms. The van der Waals surface area contributed by atoms with Crippen LogP contribution in [0.2, 0.25) is 0 Å². The lowest BCUT2D eigenvalue weighted by Gasteiger charge is -2.03. The average Bonchev–Trinajstić information content (AvgIpc) is 2.32. The van der Waals surface area contributed by atoms with Crippen LogP contribution in [0.5, 0.6) is 0 Å². The zero-order chi connectivity index (χ0) is 12.3. The van der Waals surface area contributed by atoms with Crippen LogP contribution < -0.4 is 10.7 Å².